The van der Waals surface area contributed by atoms with Crippen molar-refractivity contribution in [2.24, 2.45) is 0 Å². The Hall–Kier alpha value is -2.45. The molecule has 1 unspecified atom stereocenters. The molecule has 1 amide bonds. The molecule has 1 aromatic carbocycles. The number of Topliss-reactive ketones (excluding diaryl/α,β-unsaturated/α-hetero) is 2. The molecule has 2 rings (SSSR count). The van der Waals surface area contributed by atoms with Crippen LogP contribution in [0.5, 0.6) is 0 Å². The van der Waals surface area contributed by atoms with Crippen LogP contribution in [-0.4, -0.2) is 23.5 Å². The molecule has 0 aromatic heterocycles. The minimum Gasteiger partial charge on any atom is -0.335 e. The summed E-state index contributed by atoms with van der Waals surface area (Å²) in [5, 5.41) is 11.8. The normalized spacial score (nSPS) is 18.4. The quantitative estimate of drug-likeness (QED) is 0.844. The van der Waals surface area contributed by atoms with Crippen LogP contribution in [0.25, 0.3) is 0 Å². The molecule has 0 saturated heterocycles. The van der Waals surface area contributed by atoms with Gasteiger partial charge in [0.05, 0.1) is 5.57 Å². The average molecular weight is 303 g/mol. The second-order valence-electron chi connectivity index (χ2n) is 4.69. The third kappa shape index (κ3) is 3.01. The standard InChI is InChI=1S/C15H11ClN2O3/c1-8-6-12(19)13(14(20)11(8)7-17)18-15(21)9-2-4-10(16)5-3-9/h2-5,13H,6H2,1H3,(H,18,21). The Kier molecular flexibility index (Phi) is 4.20. The van der Waals surface area contributed by atoms with Gasteiger partial charge in [0.25, 0.3) is 5.91 Å². The van der Waals surface area contributed by atoms with Gasteiger partial charge in [0, 0.05) is 17.0 Å². The smallest absolute Gasteiger partial charge is 0.252 e. The van der Waals surface area contributed by atoms with Crippen molar-refractivity contribution in [3.63, 3.8) is 0 Å². The topological polar surface area (TPSA) is 87.0 Å². The third-order valence-electron chi connectivity index (χ3n) is 3.19. The van der Waals surface area contributed by atoms with E-state index in [-0.39, 0.29) is 17.6 Å². The van der Waals surface area contributed by atoms with Crippen molar-refractivity contribution >= 4 is 29.1 Å². The highest BCUT2D eigenvalue weighted by molar-refractivity contribution is 6.30. The van der Waals surface area contributed by atoms with E-state index in [0.29, 0.717) is 10.6 Å². The second kappa shape index (κ2) is 5.90. The van der Waals surface area contributed by atoms with Crippen LogP contribution >= 0.6 is 11.6 Å². The van der Waals surface area contributed by atoms with Crippen molar-refractivity contribution in [1.29, 1.82) is 5.26 Å². The maximum atomic E-state index is 12.1. The molecule has 1 N–H and O–H groups in total. The van der Waals surface area contributed by atoms with Gasteiger partial charge in [0.15, 0.2) is 11.8 Å². The maximum absolute atomic E-state index is 12.1. The first kappa shape index (κ1) is 14.9. The van der Waals surface area contributed by atoms with Crippen molar-refractivity contribution in [2.45, 2.75) is 19.4 Å². The van der Waals surface area contributed by atoms with E-state index in [9.17, 15) is 14.4 Å². The molecule has 1 aliphatic rings. The largest absolute Gasteiger partial charge is 0.335 e. The minimum absolute atomic E-state index is 0.0137. The Morgan fingerprint density at radius 2 is 1.95 bits per heavy atom. The third-order valence-corrected chi connectivity index (χ3v) is 3.44. The van der Waals surface area contributed by atoms with Gasteiger partial charge in [-0.05, 0) is 36.8 Å². The van der Waals surface area contributed by atoms with Gasteiger partial charge in [-0.25, -0.2) is 0 Å². The molecule has 0 radical (unpaired) electrons. The number of amides is 1. The fourth-order valence-electron chi connectivity index (χ4n) is 2.06. The van der Waals surface area contributed by atoms with Gasteiger partial charge in [-0.3, -0.25) is 14.4 Å². The number of rotatable bonds is 2. The molecule has 0 heterocycles. The van der Waals surface area contributed by atoms with Crippen LogP contribution in [0.3, 0.4) is 0 Å². The van der Waals surface area contributed by atoms with E-state index < -0.39 is 23.5 Å². The molecule has 1 atom stereocenters. The van der Waals surface area contributed by atoms with E-state index in [1.54, 1.807) is 13.0 Å². The van der Waals surface area contributed by atoms with E-state index in [2.05, 4.69) is 5.32 Å². The molecule has 0 bridgehead atoms. The highest BCUT2D eigenvalue weighted by atomic mass is 35.5. The predicted molar refractivity (Wildman–Crippen MR) is 75.7 cm³/mol. The van der Waals surface area contributed by atoms with Gasteiger partial charge in [-0.1, -0.05) is 11.6 Å². The minimum atomic E-state index is -1.30. The first-order valence-corrected chi connectivity index (χ1v) is 6.55. The van der Waals surface area contributed by atoms with Crippen molar-refractivity contribution < 1.29 is 14.4 Å². The number of nitrogens with zero attached hydrogens (tertiary/aromatic N) is 1. The number of benzene rings is 1. The number of carbonyl (C=O) groups is 3. The van der Waals surface area contributed by atoms with Crippen LogP contribution in [0.2, 0.25) is 5.02 Å². The number of hydrogen-bond donors (Lipinski definition) is 1. The molecule has 1 aliphatic carbocycles. The first-order chi connectivity index (χ1) is 9.93. The van der Waals surface area contributed by atoms with E-state index in [1.165, 1.54) is 24.3 Å². The lowest BCUT2D eigenvalue weighted by Crippen LogP contribution is -2.49. The number of nitrogens with one attached hydrogen (secondary N) is 1. The molecular weight excluding hydrogens is 292 g/mol. The number of halogens is 1. The monoisotopic (exact) mass is 302 g/mol. The zero-order valence-corrected chi connectivity index (χ0v) is 11.9. The highest BCUT2D eigenvalue weighted by Crippen LogP contribution is 2.19. The summed E-state index contributed by atoms with van der Waals surface area (Å²) in [6, 6.07) is 6.53. The molecule has 0 saturated carbocycles. The lowest BCUT2D eigenvalue weighted by atomic mass is 9.87. The summed E-state index contributed by atoms with van der Waals surface area (Å²) in [6.45, 7) is 1.56. The number of allylic oxidation sites excluding steroid dienone is 1. The number of carbonyl (C=O) groups excluding carboxylic acids is 3. The molecule has 6 heteroatoms. The zero-order chi connectivity index (χ0) is 15.6. The molecule has 21 heavy (non-hydrogen) atoms. The fourth-order valence-corrected chi connectivity index (χ4v) is 2.19. The lowest BCUT2D eigenvalue weighted by Gasteiger charge is -2.21. The van der Waals surface area contributed by atoms with E-state index in [1.807, 2.05) is 0 Å². The van der Waals surface area contributed by atoms with E-state index in [0.717, 1.165) is 0 Å². The molecule has 0 spiro atoms. The molecule has 1 aromatic rings. The van der Waals surface area contributed by atoms with Crippen LogP contribution in [0.1, 0.15) is 23.7 Å². The Balaban J connectivity index is 2.21. The summed E-state index contributed by atoms with van der Waals surface area (Å²) in [5.41, 5.74) is 0.658. The summed E-state index contributed by atoms with van der Waals surface area (Å²) < 4.78 is 0. The van der Waals surface area contributed by atoms with Crippen molar-refractivity contribution in [1.82, 2.24) is 5.32 Å². The zero-order valence-electron chi connectivity index (χ0n) is 11.1. The number of ketones is 2. The van der Waals surface area contributed by atoms with Crippen molar-refractivity contribution in [3.8, 4) is 6.07 Å². The van der Waals surface area contributed by atoms with Crippen LogP contribution in [0.4, 0.5) is 0 Å². The molecule has 0 aliphatic heterocycles. The summed E-state index contributed by atoms with van der Waals surface area (Å²) in [7, 11) is 0. The van der Waals surface area contributed by atoms with Gasteiger partial charge < -0.3 is 5.32 Å². The van der Waals surface area contributed by atoms with E-state index >= 15 is 0 Å². The Labute approximate surface area is 126 Å². The Morgan fingerprint density at radius 1 is 1.33 bits per heavy atom. The van der Waals surface area contributed by atoms with Crippen molar-refractivity contribution in [3.05, 3.63) is 46.0 Å². The molecular formula is C15H11ClN2O3. The van der Waals surface area contributed by atoms with Crippen LogP contribution in [0.15, 0.2) is 35.4 Å². The lowest BCUT2D eigenvalue weighted by molar-refractivity contribution is -0.128. The van der Waals surface area contributed by atoms with Crippen LogP contribution in [-0.2, 0) is 9.59 Å². The molecule has 0 fully saturated rings. The maximum Gasteiger partial charge on any atom is 0.252 e. The highest BCUT2D eigenvalue weighted by Gasteiger charge is 2.36. The molecule has 5 nitrogen and oxygen atoms in total. The van der Waals surface area contributed by atoms with Gasteiger partial charge in [-0.15, -0.1) is 0 Å². The van der Waals surface area contributed by atoms with Crippen molar-refractivity contribution in [2.75, 3.05) is 0 Å². The number of hydrogen-bond acceptors (Lipinski definition) is 4. The second-order valence-corrected chi connectivity index (χ2v) is 5.12. The molecule has 106 valence electrons. The Morgan fingerprint density at radius 3 is 2.52 bits per heavy atom. The van der Waals surface area contributed by atoms with Crippen LogP contribution in [0, 0.1) is 11.3 Å². The fraction of sp³-hybridized carbons (Fsp3) is 0.200. The van der Waals surface area contributed by atoms with Gasteiger partial charge in [-0.2, -0.15) is 5.26 Å². The summed E-state index contributed by atoms with van der Waals surface area (Å²) in [5.74, 6) is -1.64. The predicted octanol–water partition coefficient (Wildman–Crippen LogP) is 1.82. The average Bonchev–Trinajstić information content (AvgIpc) is 2.44. The first-order valence-electron chi connectivity index (χ1n) is 6.17. The van der Waals surface area contributed by atoms with Gasteiger partial charge in [0.1, 0.15) is 6.07 Å². The number of nitriles is 1. The van der Waals surface area contributed by atoms with E-state index in [4.69, 9.17) is 16.9 Å². The van der Waals surface area contributed by atoms with Gasteiger partial charge >= 0.3 is 0 Å². The Bertz CT molecular complexity index is 699. The summed E-state index contributed by atoms with van der Waals surface area (Å²) >= 11 is 5.73. The van der Waals surface area contributed by atoms with Gasteiger partial charge in [0.2, 0.25) is 5.78 Å². The van der Waals surface area contributed by atoms with Crippen LogP contribution < -0.4 is 5.32 Å². The SMILES string of the molecule is CC1=C(C#N)C(=O)C(NC(=O)c2ccc(Cl)cc2)C(=O)C1. The summed E-state index contributed by atoms with van der Waals surface area (Å²) in [4.78, 5) is 36.0. The summed E-state index contributed by atoms with van der Waals surface area (Å²) in [6.07, 6.45) is -0.0137.